The number of hydrogen-bond donors (Lipinski definition) is 1. The first-order valence-electron chi connectivity index (χ1n) is 6.17. The molecule has 0 bridgehead atoms. The molecule has 1 N–H and O–H groups in total. The van der Waals surface area contributed by atoms with Crippen molar-refractivity contribution in [2.75, 3.05) is 39.3 Å². The van der Waals surface area contributed by atoms with Crippen molar-refractivity contribution in [2.24, 2.45) is 0 Å². The van der Waals surface area contributed by atoms with Crippen molar-refractivity contribution in [3.63, 3.8) is 0 Å². The molecule has 0 aliphatic carbocycles. The molecule has 0 saturated carbocycles. The van der Waals surface area contributed by atoms with Gasteiger partial charge in [-0.1, -0.05) is 0 Å². The Morgan fingerprint density at radius 3 is 2.84 bits per heavy atom. The largest absolute Gasteiger partial charge is 0.454 e. The van der Waals surface area contributed by atoms with Gasteiger partial charge in [0.25, 0.3) is 0 Å². The molecule has 6 heteroatoms. The molecule has 0 radical (unpaired) electrons. The van der Waals surface area contributed by atoms with Gasteiger partial charge in [-0.3, -0.25) is 0 Å². The van der Waals surface area contributed by atoms with Gasteiger partial charge in [-0.25, -0.2) is 0 Å². The van der Waals surface area contributed by atoms with E-state index in [2.05, 4.69) is 20.4 Å². The van der Waals surface area contributed by atoms with Crippen molar-refractivity contribution in [1.29, 1.82) is 0 Å². The van der Waals surface area contributed by atoms with Crippen LogP contribution in [0, 0.1) is 0 Å². The van der Waals surface area contributed by atoms with Crippen LogP contribution in [-0.2, 0) is 0 Å². The maximum Gasteiger partial charge on any atom is 0.231 e. The number of hydrogen-bond acceptors (Lipinski definition) is 6. The zero-order chi connectivity index (χ0) is 13.2. The molecule has 0 atom stereocenters. The van der Waals surface area contributed by atoms with Gasteiger partial charge in [-0.15, -0.1) is 0 Å². The molecule has 2 aromatic rings. The van der Waals surface area contributed by atoms with Gasteiger partial charge in [0.15, 0.2) is 11.5 Å². The number of ether oxygens (including phenoxy) is 2. The highest BCUT2D eigenvalue weighted by molar-refractivity contribution is 5.92. The second-order valence-electron chi connectivity index (χ2n) is 4.71. The van der Waals surface area contributed by atoms with E-state index in [9.17, 15) is 0 Å². The Bertz CT molecular complexity index is 600. The van der Waals surface area contributed by atoms with E-state index in [1.54, 1.807) is 6.20 Å². The highest BCUT2D eigenvalue weighted by Crippen LogP contribution is 2.37. The molecule has 6 nitrogen and oxygen atoms in total. The molecule has 1 aromatic carbocycles. The quantitative estimate of drug-likeness (QED) is 0.895. The molecule has 0 spiro atoms. The number of fused-ring (bicyclic) bond motifs is 2. The molecule has 19 heavy (non-hydrogen) atoms. The highest BCUT2D eigenvalue weighted by Gasteiger charge is 2.16. The zero-order valence-electron chi connectivity index (χ0n) is 11.0. The molecule has 0 fully saturated rings. The molecule has 3 rings (SSSR count). The van der Waals surface area contributed by atoms with Crippen molar-refractivity contribution in [2.45, 2.75) is 0 Å². The van der Waals surface area contributed by atoms with Gasteiger partial charge in [-0.2, -0.15) is 10.2 Å². The van der Waals surface area contributed by atoms with Crippen molar-refractivity contribution in [3.8, 4) is 11.5 Å². The molecular formula is C13H16N4O2. The summed E-state index contributed by atoms with van der Waals surface area (Å²) in [5.74, 6) is 1.49. The van der Waals surface area contributed by atoms with Crippen molar-refractivity contribution in [1.82, 2.24) is 15.1 Å². The average Bonchev–Trinajstić information content (AvgIpc) is 2.83. The fraction of sp³-hybridized carbons (Fsp3) is 0.385. The van der Waals surface area contributed by atoms with Crippen LogP contribution in [0.25, 0.3) is 10.9 Å². The van der Waals surface area contributed by atoms with Gasteiger partial charge >= 0.3 is 0 Å². The van der Waals surface area contributed by atoms with Gasteiger partial charge in [0.1, 0.15) is 0 Å². The van der Waals surface area contributed by atoms with Crippen molar-refractivity contribution in [3.05, 3.63) is 18.3 Å². The van der Waals surface area contributed by atoms with E-state index in [1.165, 1.54) is 0 Å². The minimum Gasteiger partial charge on any atom is -0.454 e. The average molecular weight is 260 g/mol. The Hall–Kier alpha value is -2.08. The van der Waals surface area contributed by atoms with Gasteiger partial charge < -0.3 is 19.7 Å². The lowest BCUT2D eigenvalue weighted by atomic mass is 10.2. The van der Waals surface area contributed by atoms with E-state index in [0.717, 1.165) is 41.2 Å². The van der Waals surface area contributed by atoms with E-state index < -0.39 is 0 Å². The third-order valence-electron chi connectivity index (χ3n) is 3.01. The lowest BCUT2D eigenvalue weighted by Gasteiger charge is -2.12. The number of nitrogens with zero attached hydrogens (tertiary/aromatic N) is 3. The molecule has 1 aliphatic rings. The fourth-order valence-electron chi connectivity index (χ4n) is 2.00. The molecule has 1 aliphatic heterocycles. The standard InChI is InChI=1S/C13H16N4O2/c1-17(2)4-3-14-11-7-15-16-10-6-13-12(5-9(10)11)18-8-19-13/h5-7H,3-4,8H2,1-2H3,(H,14,16). The normalized spacial score (nSPS) is 13.2. The third kappa shape index (κ3) is 2.39. The topological polar surface area (TPSA) is 59.5 Å². The van der Waals surface area contributed by atoms with Gasteiger partial charge in [0, 0.05) is 24.5 Å². The summed E-state index contributed by atoms with van der Waals surface area (Å²) in [5.41, 5.74) is 1.77. The predicted molar refractivity (Wildman–Crippen MR) is 72.7 cm³/mol. The molecule has 100 valence electrons. The van der Waals surface area contributed by atoms with Crippen LogP contribution in [-0.4, -0.2) is 49.1 Å². The third-order valence-corrected chi connectivity index (χ3v) is 3.01. The lowest BCUT2D eigenvalue weighted by Crippen LogP contribution is -2.20. The summed E-state index contributed by atoms with van der Waals surface area (Å²) in [5, 5.41) is 12.5. The van der Waals surface area contributed by atoms with Crippen molar-refractivity contribution < 1.29 is 9.47 Å². The molecule has 0 unspecified atom stereocenters. The summed E-state index contributed by atoms with van der Waals surface area (Å²) in [4.78, 5) is 2.12. The Balaban J connectivity index is 1.91. The Kier molecular flexibility index (Phi) is 3.08. The van der Waals surface area contributed by atoms with Crippen LogP contribution in [0.15, 0.2) is 18.3 Å². The van der Waals surface area contributed by atoms with Crippen LogP contribution in [0.1, 0.15) is 0 Å². The van der Waals surface area contributed by atoms with Gasteiger partial charge in [0.05, 0.1) is 17.4 Å². The molecule has 0 amide bonds. The Morgan fingerprint density at radius 1 is 1.26 bits per heavy atom. The summed E-state index contributed by atoms with van der Waals surface area (Å²) in [6, 6.07) is 3.81. The van der Waals surface area contributed by atoms with E-state index in [4.69, 9.17) is 9.47 Å². The number of benzene rings is 1. The first-order chi connectivity index (χ1) is 9.24. The van der Waals surface area contributed by atoms with Crippen LogP contribution >= 0.6 is 0 Å². The molecule has 1 aromatic heterocycles. The SMILES string of the molecule is CN(C)CCNc1cnnc2cc3c(cc12)OCO3. The van der Waals surface area contributed by atoms with Crippen LogP contribution in [0.5, 0.6) is 11.5 Å². The monoisotopic (exact) mass is 260 g/mol. The maximum atomic E-state index is 5.40. The summed E-state index contributed by atoms with van der Waals surface area (Å²) in [6.45, 7) is 2.07. The number of rotatable bonds is 4. The van der Waals surface area contributed by atoms with E-state index >= 15 is 0 Å². The van der Waals surface area contributed by atoms with Crippen molar-refractivity contribution >= 4 is 16.6 Å². The number of likely N-dealkylation sites (N-methyl/N-ethyl adjacent to an activating group) is 1. The smallest absolute Gasteiger partial charge is 0.231 e. The Labute approximate surface area is 111 Å². The lowest BCUT2D eigenvalue weighted by molar-refractivity contribution is 0.174. The van der Waals surface area contributed by atoms with Gasteiger partial charge in [0.2, 0.25) is 6.79 Å². The first-order valence-corrected chi connectivity index (χ1v) is 6.17. The van der Waals surface area contributed by atoms with Crippen LogP contribution in [0.3, 0.4) is 0 Å². The molecule has 2 heterocycles. The minimum atomic E-state index is 0.266. The molecule has 0 saturated heterocycles. The van der Waals surface area contributed by atoms with Gasteiger partial charge in [-0.05, 0) is 20.2 Å². The summed E-state index contributed by atoms with van der Waals surface area (Å²) >= 11 is 0. The number of nitrogens with one attached hydrogen (secondary N) is 1. The summed E-state index contributed by atoms with van der Waals surface area (Å²) in [6.07, 6.45) is 1.74. The maximum absolute atomic E-state index is 5.40. The van der Waals surface area contributed by atoms with E-state index in [-0.39, 0.29) is 6.79 Å². The number of anilines is 1. The van der Waals surface area contributed by atoms with Crippen LogP contribution < -0.4 is 14.8 Å². The Morgan fingerprint density at radius 2 is 2.05 bits per heavy atom. The fourth-order valence-corrected chi connectivity index (χ4v) is 2.00. The van der Waals surface area contributed by atoms with E-state index in [1.807, 2.05) is 26.2 Å². The second kappa shape index (κ2) is 4.89. The zero-order valence-corrected chi connectivity index (χ0v) is 11.0. The van der Waals surface area contributed by atoms with Crippen LogP contribution in [0.4, 0.5) is 5.69 Å². The summed E-state index contributed by atoms with van der Waals surface area (Å²) in [7, 11) is 4.09. The minimum absolute atomic E-state index is 0.266. The molecular weight excluding hydrogens is 244 g/mol. The van der Waals surface area contributed by atoms with E-state index in [0.29, 0.717) is 0 Å². The predicted octanol–water partition coefficient (Wildman–Crippen LogP) is 1.33. The summed E-state index contributed by atoms with van der Waals surface area (Å²) < 4.78 is 10.7. The first kappa shape index (κ1) is 12.0. The van der Waals surface area contributed by atoms with Crippen LogP contribution in [0.2, 0.25) is 0 Å². The highest BCUT2D eigenvalue weighted by atomic mass is 16.7. The second-order valence-corrected chi connectivity index (χ2v) is 4.71. The number of aromatic nitrogens is 2.